The van der Waals surface area contributed by atoms with E-state index in [1.54, 1.807) is 18.2 Å². The van der Waals surface area contributed by atoms with E-state index < -0.39 is 18.0 Å². The summed E-state index contributed by atoms with van der Waals surface area (Å²) in [5.41, 5.74) is 1.07. The number of anilines is 1. The molecule has 0 radical (unpaired) electrons. The first-order valence-electron chi connectivity index (χ1n) is 11.4. The Labute approximate surface area is 196 Å². The van der Waals surface area contributed by atoms with Crippen LogP contribution in [0.25, 0.3) is 0 Å². The van der Waals surface area contributed by atoms with E-state index in [1.807, 2.05) is 0 Å². The molecule has 3 aliphatic rings. The fraction of sp³-hybridized carbons (Fsp3) is 0.360. The summed E-state index contributed by atoms with van der Waals surface area (Å²) in [6.45, 7) is 1.57. The monoisotopic (exact) mass is 464 g/mol. The second-order valence-electron chi connectivity index (χ2n) is 8.64. The number of esters is 1. The fourth-order valence-electron chi connectivity index (χ4n) is 4.56. The van der Waals surface area contributed by atoms with Gasteiger partial charge in [-0.15, -0.1) is 0 Å². The van der Waals surface area contributed by atoms with Crippen molar-refractivity contribution < 1.29 is 33.4 Å². The topological polar surface area (TPSA) is 111 Å². The molecule has 3 amide bonds. The van der Waals surface area contributed by atoms with Gasteiger partial charge in [0.15, 0.2) is 17.6 Å². The average molecular weight is 464 g/mol. The van der Waals surface area contributed by atoms with Crippen LogP contribution in [0.4, 0.5) is 5.69 Å². The van der Waals surface area contributed by atoms with Gasteiger partial charge < -0.3 is 19.5 Å². The molecule has 34 heavy (non-hydrogen) atoms. The van der Waals surface area contributed by atoms with Crippen molar-refractivity contribution in [1.82, 2.24) is 4.90 Å². The molecule has 176 valence electrons. The maximum atomic E-state index is 13.0. The number of hydrogen-bond donors (Lipinski definition) is 1. The zero-order chi connectivity index (χ0) is 23.8. The van der Waals surface area contributed by atoms with Crippen LogP contribution in [0.2, 0.25) is 0 Å². The summed E-state index contributed by atoms with van der Waals surface area (Å²) in [4.78, 5) is 52.3. The summed E-state index contributed by atoms with van der Waals surface area (Å²) in [5, 5.41) is 2.67. The number of benzene rings is 2. The lowest BCUT2D eigenvalue weighted by Gasteiger charge is -2.29. The Kier molecular flexibility index (Phi) is 5.69. The molecule has 9 heteroatoms. The molecule has 0 bridgehead atoms. The highest BCUT2D eigenvalue weighted by Gasteiger charge is 2.40. The number of hydrogen-bond acceptors (Lipinski definition) is 7. The predicted octanol–water partition coefficient (Wildman–Crippen LogP) is 3.53. The van der Waals surface area contributed by atoms with Gasteiger partial charge in [-0.1, -0.05) is 19.3 Å². The van der Waals surface area contributed by atoms with Crippen molar-refractivity contribution in [3.05, 3.63) is 53.1 Å². The van der Waals surface area contributed by atoms with Gasteiger partial charge >= 0.3 is 5.97 Å². The van der Waals surface area contributed by atoms with E-state index in [-0.39, 0.29) is 35.8 Å². The van der Waals surface area contributed by atoms with Crippen LogP contribution in [-0.4, -0.2) is 47.5 Å². The second kappa shape index (κ2) is 8.81. The molecule has 9 nitrogen and oxygen atoms in total. The van der Waals surface area contributed by atoms with E-state index >= 15 is 0 Å². The molecule has 0 aromatic heterocycles. The maximum absolute atomic E-state index is 13.0. The number of ether oxygens (including phenoxy) is 3. The lowest BCUT2D eigenvalue weighted by molar-refractivity contribution is -0.123. The van der Waals surface area contributed by atoms with E-state index in [9.17, 15) is 19.2 Å². The van der Waals surface area contributed by atoms with Gasteiger partial charge in [-0.05, 0) is 50.1 Å². The molecule has 1 saturated carbocycles. The van der Waals surface area contributed by atoms with Crippen LogP contribution in [0, 0.1) is 0 Å². The van der Waals surface area contributed by atoms with Crippen LogP contribution in [-0.2, 0) is 9.53 Å². The average Bonchev–Trinajstić information content (AvgIpc) is 3.41. The Morgan fingerprint density at radius 2 is 1.71 bits per heavy atom. The maximum Gasteiger partial charge on any atom is 0.338 e. The minimum Gasteiger partial charge on any atom is -0.454 e. The molecule has 2 aromatic rings. The van der Waals surface area contributed by atoms with Crippen LogP contribution in [0.1, 0.15) is 70.1 Å². The zero-order valence-corrected chi connectivity index (χ0v) is 18.7. The Morgan fingerprint density at radius 1 is 0.971 bits per heavy atom. The minimum absolute atomic E-state index is 0.101. The van der Waals surface area contributed by atoms with E-state index in [0.29, 0.717) is 22.7 Å². The van der Waals surface area contributed by atoms with Crippen molar-refractivity contribution in [2.75, 3.05) is 12.1 Å². The minimum atomic E-state index is -1.10. The SMILES string of the molecule is CC(OC(=O)c1ccc2c(c1)C(=O)N(C1CCCCC1)C2=O)C(=O)Nc1ccc2c(c1)OCO2. The molecular weight excluding hydrogens is 440 g/mol. The molecule has 1 aliphatic carbocycles. The lowest BCUT2D eigenvalue weighted by atomic mass is 9.94. The van der Waals surface area contributed by atoms with Gasteiger partial charge in [0, 0.05) is 17.8 Å². The molecule has 2 aromatic carbocycles. The number of carbonyl (C=O) groups is 4. The number of nitrogens with zero attached hydrogens (tertiary/aromatic N) is 1. The van der Waals surface area contributed by atoms with Crippen molar-refractivity contribution in [3.63, 3.8) is 0 Å². The van der Waals surface area contributed by atoms with Gasteiger partial charge in [0.05, 0.1) is 16.7 Å². The number of rotatable bonds is 5. The number of carbonyl (C=O) groups excluding carboxylic acids is 4. The van der Waals surface area contributed by atoms with Gasteiger partial charge in [0.1, 0.15) is 0 Å². The van der Waals surface area contributed by atoms with Crippen LogP contribution in [0.15, 0.2) is 36.4 Å². The summed E-state index contributed by atoms with van der Waals surface area (Å²) < 4.78 is 15.8. The summed E-state index contributed by atoms with van der Waals surface area (Å²) in [6.07, 6.45) is 3.59. The molecule has 0 spiro atoms. The first-order valence-corrected chi connectivity index (χ1v) is 11.4. The van der Waals surface area contributed by atoms with E-state index in [1.165, 1.54) is 30.0 Å². The van der Waals surface area contributed by atoms with Crippen molar-refractivity contribution in [3.8, 4) is 11.5 Å². The van der Waals surface area contributed by atoms with Gasteiger partial charge in [-0.3, -0.25) is 19.3 Å². The Hall–Kier alpha value is -3.88. The van der Waals surface area contributed by atoms with E-state index in [2.05, 4.69) is 5.32 Å². The Balaban J connectivity index is 1.25. The van der Waals surface area contributed by atoms with Gasteiger partial charge in [0.2, 0.25) is 6.79 Å². The molecule has 0 saturated heterocycles. The van der Waals surface area contributed by atoms with E-state index in [0.717, 1.165) is 32.1 Å². The van der Waals surface area contributed by atoms with Crippen LogP contribution in [0.5, 0.6) is 11.5 Å². The molecular formula is C25H24N2O7. The summed E-state index contributed by atoms with van der Waals surface area (Å²) >= 11 is 0. The molecule has 5 rings (SSSR count). The van der Waals surface area contributed by atoms with Gasteiger partial charge in [0.25, 0.3) is 17.7 Å². The lowest BCUT2D eigenvalue weighted by Crippen LogP contribution is -2.40. The summed E-state index contributed by atoms with van der Waals surface area (Å²) in [6, 6.07) is 9.15. The van der Waals surface area contributed by atoms with Gasteiger partial charge in [-0.25, -0.2) is 4.79 Å². The van der Waals surface area contributed by atoms with Crippen LogP contribution >= 0.6 is 0 Å². The zero-order valence-electron chi connectivity index (χ0n) is 18.7. The molecule has 2 aliphatic heterocycles. The summed E-state index contributed by atoms with van der Waals surface area (Å²) in [5.74, 6) is -0.875. The highest BCUT2D eigenvalue weighted by Crippen LogP contribution is 2.34. The smallest absolute Gasteiger partial charge is 0.338 e. The van der Waals surface area contributed by atoms with Crippen LogP contribution in [0.3, 0.4) is 0 Å². The number of nitrogens with one attached hydrogen (secondary N) is 1. The third-order valence-electron chi connectivity index (χ3n) is 6.39. The van der Waals surface area contributed by atoms with Gasteiger partial charge in [-0.2, -0.15) is 0 Å². The molecule has 2 heterocycles. The summed E-state index contributed by atoms with van der Waals surface area (Å²) in [7, 11) is 0. The molecule has 1 N–H and O–H groups in total. The largest absolute Gasteiger partial charge is 0.454 e. The second-order valence-corrected chi connectivity index (χ2v) is 8.64. The van der Waals surface area contributed by atoms with Crippen molar-refractivity contribution >= 4 is 29.4 Å². The number of amides is 3. The Morgan fingerprint density at radius 3 is 2.50 bits per heavy atom. The molecule has 1 atom stereocenters. The molecule has 1 unspecified atom stereocenters. The van der Waals surface area contributed by atoms with E-state index in [4.69, 9.17) is 14.2 Å². The fourth-order valence-corrected chi connectivity index (χ4v) is 4.56. The normalized spacial score (nSPS) is 18.0. The van der Waals surface area contributed by atoms with Crippen LogP contribution < -0.4 is 14.8 Å². The van der Waals surface area contributed by atoms with Crippen molar-refractivity contribution in [2.24, 2.45) is 0 Å². The first-order chi connectivity index (χ1) is 16.4. The third kappa shape index (κ3) is 3.98. The highest BCUT2D eigenvalue weighted by molar-refractivity contribution is 6.22. The van der Waals surface area contributed by atoms with Crippen molar-refractivity contribution in [1.29, 1.82) is 0 Å². The quantitative estimate of drug-likeness (QED) is 0.532. The van der Waals surface area contributed by atoms with Crippen molar-refractivity contribution in [2.45, 2.75) is 51.2 Å². The third-order valence-corrected chi connectivity index (χ3v) is 6.39. The number of fused-ring (bicyclic) bond motifs is 2. The standard InChI is InChI=1S/C25H24N2O7/c1-14(22(28)26-16-8-10-20-21(12-16)33-13-32-20)34-25(31)15-7-9-18-19(11-15)24(30)27(23(18)29)17-5-3-2-4-6-17/h7-12,14,17H,2-6,13H2,1H3,(H,26,28). The molecule has 1 fully saturated rings. The predicted molar refractivity (Wildman–Crippen MR) is 120 cm³/mol. The highest BCUT2D eigenvalue weighted by atomic mass is 16.7. The first kappa shape index (κ1) is 21.9. The number of imide groups is 1. The Bertz CT molecular complexity index is 1190.